The van der Waals surface area contributed by atoms with Crippen molar-refractivity contribution in [2.45, 2.75) is 20.0 Å². The zero-order valence-electron chi connectivity index (χ0n) is 14.4. The van der Waals surface area contributed by atoms with Gasteiger partial charge in [0.15, 0.2) is 17.6 Å². The third-order valence-corrected chi connectivity index (χ3v) is 3.19. The standard InChI is InChI=1S/C17H18FN3O5/c1-9(17(23)24-3)25-16-14(5-4-6-20-16)26-15-8-13(21-10(2)22)11(18)7-12(15)19/h4-9H,19H2,1-3H3,(H,21,22). The van der Waals surface area contributed by atoms with Crippen LogP contribution in [-0.4, -0.2) is 30.1 Å². The van der Waals surface area contributed by atoms with Gasteiger partial charge in [0.05, 0.1) is 18.5 Å². The summed E-state index contributed by atoms with van der Waals surface area (Å²) in [6.45, 7) is 2.74. The van der Waals surface area contributed by atoms with Gasteiger partial charge in [-0.2, -0.15) is 0 Å². The molecule has 1 unspecified atom stereocenters. The normalized spacial score (nSPS) is 11.4. The molecule has 2 rings (SSSR count). The van der Waals surface area contributed by atoms with Crippen LogP contribution < -0.4 is 20.5 Å². The van der Waals surface area contributed by atoms with E-state index in [1.54, 1.807) is 6.07 Å². The zero-order valence-corrected chi connectivity index (χ0v) is 14.4. The highest BCUT2D eigenvalue weighted by Crippen LogP contribution is 2.35. The molecule has 1 aromatic heterocycles. The number of ether oxygens (including phenoxy) is 3. The van der Waals surface area contributed by atoms with Crippen molar-refractivity contribution in [2.75, 3.05) is 18.2 Å². The van der Waals surface area contributed by atoms with Crippen LogP contribution in [0.4, 0.5) is 15.8 Å². The summed E-state index contributed by atoms with van der Waals surface area (Å²) in [7, 11) is 1.24. The van der Waals surface area contributed by atoms with Crippen molar-refractivity contribution in [3.05, 3.63) is 36.3 Å². The fourth-order valence-electron chi connectivity index (χ4n) is 1.98. The Morgan fingerprint density at radius 3 is 2.69 bits per heavy atom. The van der Waals surface area contributed by atoms with Crippen molar-refractivity contribution in [3.8, 4) is 17.4 Å². The topological polar surface area (TPSA) is 113 Å². The predicted octanol–water partition coefficient (Wildman–Crippen LogP) is 2.49. The Bertz CT molecular complexity index is 828. The van der Waals surface area contributed by atoms with Crippen molar-refractivity contribution in [2.24, 2.45) is 0 Å². The lowest BCUT2D eigenvalue weighted by molar-refractivity contribution is -0.148. The summed E-state index contributed by atoms with van der Waals surface area (Å²) in [5.41, 5.74) is 5.70. The first-order valence-electron chi connectivity index (χ1n) is 7.55. The van der Waals surface area contributed by atoms with Gasteiger partial charge in [-0.25, -0.2) is 14.2 Å². The molecular formula is C17H18FN3O5. The van der Waals surface area contributed by atoms with Crippen molar-refractivity contribution < 1.29 is 28.2 Å². The first kappa shape index (κ1) is 19.0. The Morgan fingerprint density at radius 1 is 1.31 bits per heavy atom. The first-order chi connectivity index (χ1) is 12.3. The van der Waals surface area contributed by atoms with E-state index in [1.807, 2.05) is 0 Å². The second kappa shape index (κ2) is 8.15. The third-order valence-electron chi connectivity index (χ3n) is 3.19. The molecule has 1 amide bonds. The van der Waals surface area contributed by atoms with Gasteiger partial charge in [0.25, 0.3) is 5.88 Å². The van der Waals surface area contributed by atoms with E-state index in [4.69, 9.17) is 15.2 Å². The lowest BCUT2D eigenvalue weighted by atomic mass is 10.2. The summed E-state index contributed by atoms with van der Waals surface area (Å²) < 4.78 is 29.5. The number of anilines is 2. The number of rotatable bonds is 6. The minimum absolute atomic E-state index is 0.00687. The Balaban J connectivity index is 2.31. The number of esters is 1. The van der Waals surface area contributed by atoms with Crippen LogP contribution in [0.3, 0.4) is 0 Å². The predicted molar refractivity (Wildman–Crippen MR) is 91.5 cm³/mol. The maximum absolute atomic E-state index is 13.9. The molecule has 0 bridgehead atoms. The highest BCUT2D eigenvalue weighted by Gasteiger charge is 2.19. The van der Waals surface area contributed by atoms with Crippen LogP contribution >= 0.6 is 0 Å². The van der Waals surface area contributed by atoms with Gasteiger partial charge in [0.2, 0.25) is 5.91 Å². The number of carbonyl (C=O) groups excluding carboxylic acids is 2. The molecule has 0 aliphatic carbocycles. The van der Waals surface area contributed by atoms with Crippen molar-refractivity contribution in [3.63, 3.8) is 0 Å². The number of nitrogens with zero attached hydrogens (tertiary/aromatic N) is 1. The molecule has 26 heavy (non-hydrogen) atoms. The van der Waals surface area contributed by atoms with Crippen LogP contribution in [0.15, 0.2) is 30.5 Å². The molecule has 9 heteroatoms. The molecule has 8 nitrogen and oxygen atoms in total. The Morgan fingerprint density at radius 2 is 2.04 bits per heavy atom. The summed E-state index contributed by atoms with van der Waals surface area (Å²) >= 11 is 0. The highest BCUT2D eigenvalue weighted by molar-refractivity contribution is 5.89. The second-order valence-electron chi connectivity index (χ2n) is 5.24. The van der Waals surface area contributed by atoms with Crippen LogP contribution in [0.25, 0.3) is 0 Å². The molecule has 0 saturated carbocycles. The van der Waals surface area contributed by atoms with E-state index in [0.717, 1.165) is 6.07 Å². The highest BCUT2D eigenvalue weighted by atomic mass is 19.1. The SMILES string of the molecule is COC(=O)C(C)Oc1ncccc1Oc1cc(NC(C)=O)c(F)cc1N. The fraction of sp³-hybridized carbons (Fsp3) is 0.235. The molecule has 138 valence electrons. The molecule has 0 saturated heterocycles. The number of pyridine rings is 1. The average molecular weight is 363 g/mol. The van der Waals surface area contributed by atoms with Crippen LogP contribution in [-0.2, 0) is 14.3 Å². The summed E-state index contributed by atoms with van der Waals surface area (Å²) in [5, 5.41) is 2.34. The molecule has 0 spiro atoms. The minimum Gasteiger partial charge on any atom is -0.466 e. The first-order valence-corrected chi connectivity index (χ1v) is 7.55. The molecule has 0 fully saturated rings. The number of hydrogen-bond acceptors (Lipinski definition) is 7. The number of halogens is 1. The number of aromatic nitrogens is 1. The molecule has 3 N–H and O–H groups in total. The van der Waals surface area contributed by atoms with Gasteiger partial charge < -0.3 is 25.3 Å². The number of hydrogen-bond donors (Lipinski definition) is 2. The number of nitrogen functional groups attached to an aromatic ring is 1. The van der Waals surface area contributed by atoms with Gasteiger partial charge >= 0.3 is 5.97 Å². The number of nitrogens with two attached hydrogens (primary N) is 1. The Kier molecular flexibility index (Phi) is 5.94. The lowest BCUT2D eigenvalue weighted by Gasteiger charge is -2.16. The number of nitrogens with one attached hydrogen (secondary N) is 1. The fourth-order valence-corrected chi connectivity index (χ4v) is 1.98. The number of amides is 1. The molecule has 1 atom stereocenters. The van der Waals surface area contributed by atoms with Gasteiger partial charge in [0, 0.05) is 25.3 Å². The van der Waals surface area contributed by atoms with Crippen LogP contribution in [0.5, 0.6) is 17.4 Å². The number of methoxy groups -OCH3 is 1. The summed E-state index contributed by atoms with van der Waals surface area (Å²) in [6.07, 6.45) is 0.529. The molecule has 0 radical (unpaired) electrons. The molecule has 1 heterocycles. The number of benzene rings is 1. The van der Waals surface area contributed by atoms with E-state index in [2.05, 4.69) is 15.0 Å². The maximum Gasteiger partial charge on any atom is 0.346 e. The van der Waals surface area contributed by atoms with Gasteiger partial charge in [0.1, 0.15) is 5.82 Å². The van der Waals surface area contributed by atoms with Gasteiger partial charge in [-0.15, -0.1) is 0 Å². The maximum atomic E-state index is 13.9. The van der Waals surface area contributed by atoms with Gasteiger partial charge in [-0.3, -0.25) is 4.79 Å². The quantitative estimate of drug-likeness (QED) is 0.599. The number of carbonyl (C=O) groups is 2. The average Bonchev–Trinajstić information content (AvgIpc) is 2.59. The molecule has 0 aliphatic rings. The Labute approximate surface area is 149 Å². The van der Waals surface area contributed by atoms with Crippen LogP contribution in [0.2, 0.25) is 0 Å². The van der Waals surface area contributed by atoms with Crippen LogP contribution in [0.1, 0.15) is 13.8 Å². The Hall–Kier alpha value is -3.36. The monoisotopic (exact) mass is 363 g/mol. The third kappa shape index (κ3) is 4.59. The van der Waals surface area contributed by atoms with E-state index in [1.165, 1.54) is 39.3 Å². The summed E-state index contributed by atoms with van der Waals surface area (Å²) in [5.74, 6) is -1.48. The minimum atomic E-state index is -0.919. The second-order valence-corrected chi connectivity index (χ2v) is 5.24. The molecule has 0 aliphatic heterocycles. The molecule has 1 aromatic carbocycles. The van der Waals surface area contributed by atoms with E-state index >= 15 is 0 Å². The van der Waals surface area contributed by atoms with E-state index in [9.17, 15) is 14.0 Å². The largest absolute Gasteiger partial charge is 0.466 e. The smallest absolute Gasteiger partial charge is 0.346 e. The van der Waals surface area contributed by atoms with Crippen molar-refractivity contribution >= 4 is 23.3 Å². The van der Waals surface area contributed by atoms with E-state index in [-0.39, 0.29) is 28.8 Å². The van der Waals surface area contributed by atoms with Gasteiger partial charge in [-0.05, 0) is 19.1 Å². The molecule has 2 aromatic rings. The van der Waals surface area contributed by atoms with Crippen LogP contribution in [0, 0.1) is 5.82 Å². The summed E-state index contributed by atoms with van der Waals surface area (Å²) in [6, 6.07) is 5.38. The van der Waals surface area contributed by atoms with E-state index < -0.39 is 23.8 Å². The molecular weight excluding hydrogens is 345 g/mol. The lowest BCUT2D eigenvalue weighted by Crippen LogP contribution is -2.25. The van der Waals surface area contributed by atoms with Crippen molar-refractivity contribution in [1.82, 2.24) is 4.98 Å². The van der Waals surface area contributed by atoms with Gasteiger partial charge in [-0.1, -0.05) is 0 Å². The summed E-state index contributed by atoms with van der Waals surface area (Å²) in [4.78, 5) is 26.7. The van der Waals surface area contributed by atoms with E-state index in [0.29, 0.717) is 0 Å². The van der Waals surface area contributed by atoms with Crippen molar-refractivity contribution in [1.29, 1.82) is 0 Å². The zero-order chi connectivity index (χ0) is 19.3.